The molecule has 0 bridgehead atoms. The third kappa shape index (κ3) is 4.23. The standard InChI is InChI=1S/C13H24N2O3/c1-15(9-12-4-2-3-6-18-12)13(16)8-11-10-17-7-5-14-11/h11-12,14H,2-10H2,1H3. The minimum absolute atomic E-state index is 0.168. The first-order valence-electron chi connectivity index (χ1n) is 6.92. The van der Waals surface area contributed by atoms with Gasteiger partial charge in [0.15, 0.2) is 0 Å². The Morgan fingerprint density at radius 3 is 2.94 bits per heavy atom. The van der Waals surface area contributed by atoms with Crippen LogP contribution in [0.15, 0.2) is 0 Å². The molecule has 2 fully saturated rings. The summed E-state index contributed by atoms with van der Waals surface area (Å²) in [5.41, 5.74) is 0. The van der Waals surface area contributed by atoms with E-state index in [9.17, 15) is 4.79 Å². The van der Waals surface area contributed by atoms with Gasteiger partial charge in [-0.2, -0.15) is 0 Å². The fourth-order valence-electron chi connectivity index (χ4n) is 2.48. The van der Waals surface area contributed by atoms with E-state index < -0.39 is 0 Å². The van der Waals surface area contributed by atoms with Crippen LogP contribution < -0.4 is 5.32 Å². The van der Waals surface area contributed by atoms with Gasteiger partial charge >= 0.3 is 0 Å². The molecule has 2 heterocycles. The van der Waals surface area contributed by atoms with E-state index in [-0.39, 0.29) is 18.1 Å². The molecular formula is C13H24N2O3. The number of amides is 1. The van der Waals surface area contributed by atoms with E-state index in [0.29, 0.717) is 19.6 Å². The van der Waals surface area contributed by atoms with Crippen LogP contribution in [0.2, 0.25) is 0 Å². The Hall–Kier alpha value is -0.650. The SMILES string of the molecule is CN(CC1CCCCO1)C(=O)CC1COCCN1. The zero-order valence-corrected chi connectivity index (χ0v) is 11.2. The zero-order valence-electron chi connectivity index (χ0n) is 11.2. The molecule has 2 saturated heterocycles. The second-order valence-corrected chi connectivity index (χ2v) is 5.19. The fourth-order valence-corrected chi connectivity index (χ4v) is 2.48. The van der Waals surface area contributed by atoms with Crippen molar-refractivity contribution in [3.8, 4) is 0 Å². The molecule has 0 saturated carbocycles. The van der Waals surface area contributed by atoms with Gasteiger partial charge < -0.3 is 19.7 Å². The van der Waals surface area contributed by atoms with Gasteiger partial charge in [0.25, 0.3) is 0 Å². The van der Waals surface area contributed by atoms with Gasteiger partial charge in [0.05, 0.1) is 19.3 Å². The van der Waals surface area contributed by atoms with Crippen molar-refractivity contribution in [2.45, 2.75) is 37.8 Å². The minimum Gasteiger partial charge on any atom is -0.378 e. The summed E-state index contributed by atoms with van der Waals surface area (Å²) in [6, 6.07) is 0.168. The van der Waals surface area contributed by atoms with Crippen molar-refractivity contribution in [1.82, 2.24) is 10.2 Å². The number of hydrogen-bond donors (Lipinski definition) is 1. The van der Waals surface area contributed by atoms with Crippen molar-refractivity contribution in [3.05, 3.63) is 0 Å². The molecule has 1 amide bonds. The third-order valence-corrected chi connectivity index (χ3v) is 3.60. The number of likely N-dealkylation sites (N-methyl/N-ethyl adjacent to an activating group) is 1. The molecule has 2 aliphatic rings. The quantitative estimate of drug-likeness (QED) is 0.790. The Morgan fingerprint density at radius 2 is 2.28 bits per heavy atom. The van der Waals surface area contributed by atoms with E-state index in [1.54, 1.807) is 4.90 Å². The predicted octanol–water partition coefficient (Wildman–Crippen LogP) is 0.392. The molecule has 2 aliphatic heterocycles. The van der Waals surface area contributed by atoms with Crippen LogP contribution in [0.25, 0.3) is 0 Å². The maximum absolute atomic E-state index is 12.1. The van der Waals surface area contributed by atoms with Gasteiger partial charge in [0, 0.05) is 39.2 Å². The van der Waals surface area contributed by atoms with Crippen molar-refractivity contribution < 1.29 is 14.3 Å². The molecular weight excluding hydrogens is 232 g/mol. The highest BCUT2D eigenvalue weighted by Crippen LogP contribution is 2.14. The van der Waals surface area contributed by atoms with Crippen LogP contribution in [-0.2, 0) is 14.3 Å². The molecule has 0 spiro atoms. The molecule has 2 rings (SSSR count). The molecule has 104 valence electrons. The first-order chi connectivity index (χ1) is 8.75. The van der Waals surface area contributed by atoms with Crippen molar-refractivity contribution >= 4 is 5.91 Å². The minimum atomic E-state index is 0.168. The molecule has 0 aromatic carbocycles. The summed E-state index contributed by atoms with van der Waals surface area (Å²) in [5.74, 6) is 0.173. The number of nitrogens with one attached hydrogen (secondary N) is 1. The van der Waals surface area contributed by atoms with E-state index in [1.807, 2.05) is 7.05 Å². The van der Waals surface area contributed by atoms with Crippen molar-refractivity contribution in [2.75, 3.05) is 40.0 Å². The largest absolute Gasteiger partial charge is 0.378 e. The predicted molar refractivity (Wildman–Crippen MR) is 68.5 cm³/mol. The second-order valence-electron chi connectivity index (χ2n) is 5.19. The van der Waals surface area contributed by atoms with Gasteiger partial charge in [0.1, 0.15) is 0 Å². The molecule has 2 atom stereocenters. The highest BCUT2D eigenvalue weighted by atomic mass is 16.5. The summed E-state index contributed by atoms with van der Waals surface area (Å²) < 4.78 is 11.0. The van der Waals surface area contributed by atoms with Gasteiger partial charge in [0.2, 0.25) is 5.91 Å². The maximum Gasteiger partial charge on any atom is 0.224 e. The maximum atomic E-state index is 12.1. The van der Waals surface area contributed by atoms with E-state index in [0.717, 1.165) is 32.6 Å². The van der Waals surface area contributed by atoms with E-state index in [1.165, 1.54) is 6.42 Å². The lowest BCUT2D eigenvalue weighted by Crippen LogP contribution is -2.45. The summed E-state index contributed by atoms with van der Waals surface area (Å²) in [6.07, 6.45) is 4.18. The van der Waals surface area contributed by atoms with Gasteiger partial charge in [-0.3, -0.25) is 4.79 Å². The highest BCUT2D eigenvalue weighted by Gasteiger charge is 2.22. The highest BCUT2D eigenvalue weighted by molar-refractivity contribution is 5.76. The first kappa shape index (κ1) is 13.8. The summed E-state index contributed by atoms with van der Waals surface area (Å²) in [7, 11) is 1.87. The molecule has 0 aliphatic carbocycles. The number of morpholine rings is 1. The normalized spacial score (nSPS) is 28.9. The lowest BCUT2D eigenvalue weighted by atomic mass is 10.1. The molecule has 0 radical (unpaired) electrons. The van der Waals surface area contributed by atoms with Gasteiger partial charge in [-0.05, 0) is 19.3 Å². The zero-order chi connectivity index (χ0) is 12.8. The fraction of sp³-hybridized carbons (Fsp3) is 0.923. The van der Waals surface area contributed by atoms with Crippen molar-refractivity contribution in [3.63, 3.8) is 0 Å². The average Bonchev–Trinajstić information content (AvgIpc) is 2.41. The lowest BCUT2D eigenvalue weighted by molar-refractivity contribution is -0.133. The van der Waals surface area contributed by atoms with Crippen LogP contribution >= 0.6 is 0 Å². The third-order valence-electron chi connectivity index (χ3n) is 3.60. The summed E-state index contributed by atoms with van der Waals surface area (Å²) in [6.45, 7) is 3.78. The Morgan fingerprint density at radius 1 is 1.39 bits per heavy atom. The molecule has 0 aromatic rings. The van der Waals surface area contributed by atoms with Crippen LogP contribution in [0.3, 0.4) is 0 Å². The molecule has 5 nitrogen and oxygen atoms in total. The van der Waals surface area contributed by atoms with Crippen molar-refractivity contribution in [1.29, 1.82) is 0 Å². The molecule has 1 N–H and O–H groups in total. The summed E-state index contributed by atoms with van der Waals surface area (Å²) >= 11 is 0. The van der Waals surface area contributed by atoms with E-state index in [2.05, 4.69) is 5.32 Å². The van der Waals surface area contributed by atoms with Crippen molar-refractivity contribution in [2.24, 2.45) is 0 Å². The Bertz CT molecular complexity index is 261. The van der Waals surface area contributed by atoms with E-state index in [4.69, 9.17) is 9.47 Å². The monoisotopic (exact) mass is 256 g/mol. The lowest BCUT2D eigenvalue weighted by Gasteiger charge is -2.29. The van der Waals surface area contributed by atoms with Crippen LogP contribution in [0.5, 0.6) is 0 Å². The van der Waals surface area contributed by atoms with Crippen LogP contribution in [-0.4, -0.2) is 62.9 Å². The molecule has 18 heavy (non-hydrogen) atoms. The van der Waals surface area contributed by atoms with Gasteiger partial charge in [-0.25, -0.2) is 0 Å². The number of carbonyl (C=O) groups excluding carboxylic acids is 1. The number of nitrogens with zero attached hydrogens (tertiary/aromatic N) is 1. The second kappa shape index (κ2) is 7.07. The smallest absolute Gasteiger partial charge is 0.224 e. The number of ether oxygens (including phenoxy) is 2. The summed E-state index contributed by atoms with van der Waals surface area (Å²) in [4.78, 5) is 13.9. The first-order valence-corrected chi connectivity index (χ1v) is 6.92. The number of carbonyl (C=O) groups is 1. The van der Waals surface area contributed by atoms with Crippen LogP contribution in [0.1, 0.15) is 25.7 Å². The Balaban J connectivity index is 1.69. The Kier molecular flexibility index (Phi) is 5.41. The van der Waals surface area contributed by atoms with Crippen LogP contribution in [0.4, 0.5) is 0 Å². The number of rotatable bonds is 4. The Labute approximate surface area is 109 Å². The molecule has 2 unspecified atom stereocenters. The molecule has 0 aromatic heterocycles. The van der Waals surface area contributed by atoms with Gasteiger partial charge in [-0.1, -0.05) is 0 Å². The topological polar surface area (TPSA) is 50.8 Å². The average molecular weight is 256 g/mol. The van der Waals surface area contributed by atoms with E-state index >= 15 is 0 Å². The summed E-state index contributed by atoms with van der Waals surface area (Å²) in [5, 5.41) is 3.30. The van der Waals surface area contributed by atoms with Crippen LogP contribution in [0, 0.1) is 0 Å². The number of hydrogen-bond acceptors (Lipinski definition) is 4. The van der Waals surface area contributed by atoms with Gasteiger partial charge in [-0.15, -0.1) is 0 Å². The molecule has 5 heteroatoms.